The average molecular weight is 182 g/mol. The van der Waals surface area contributed by atoms with Crippen LogP contribution < -0.4 is 47.5 Å². The minimum Gasteiger partial charge on any atom is -0.790 e. The van der Waals surface area contributed by atoms with Gasteiger partial charge in [0.15, 0.2) is 5.78 Å². The Hall–Kier alpha value is 0.935. The maximum absolute atomic E-state index is 10.0. The van der Waals surface area contributed by atoms with Crippen LogP contribution in [0.3, 0.4) is 0 Å². The molecule has 1 atom stereocenters. The van der Waals surface area contributed by atoms with E-state index in [0.717, 1.165) is 6.92 Å². The van der Waals surface area contributed by atoms with Crippen LogP contribution in [-0.2, 0) is 13.9 Å². The number of Topliss-reactive ketones (excluding diaryl/α,β-unsaturated/α-hetero) is 1. The van der Waals surface area contributed by atoms with E-state index in [1.165, 1.54) is 0 Å². The zero-order valence-corrected chi connectivity index (χ0v) is 7.91. The van der Waals surface area contributed by atoms with Gasteiger partial charge in [-0.15, -0.1) is 0 Å². The number of rotatable bonds is 3. The number of carbonyl (C=O) groups is 1. The van der Waals surface area contributed by atoms with E-state index in [1.807, 2.05) is 0 Å². The number of hydrogen-bond acceptors (Lipinski definition) is 6. The minimum atomic E-state index is -5.25. The predicted molar refractivity (Wildman–Crippen MR) is 25.4 cm³/mol. The number of hydrogen-bond donors (Lipinski definition) is 1. The molecule has 0 rings (SSSR count). The van der Waals surface area contributed by atoms with Gasteiger partial charge >= 0.3 is 37.7 Å². The van der Waals surface area contributed by atoms with Crippen molar-refractivity contribution in [2.75, 3.05) is 0 Å². The molecule has 0 aromatic carbocycles. The fraction of sp³-hybridized carbons (Fsp3) is 0.667. The predicted octanol–water partition coefficient (Wildman–Crippen LogP) is -8.25. The average Bonchev–Trinajstić information content (AvgIpc) is 1.60. The normalized spacial score (nSPS) is 12.3. The van der Waals surface area contributed by atoms with Gasteiger partial charge in [0.25, 0.3) is 0 Å². The van der Waals surface area contributed by atoms with Crippen molar-refractivity contribution in [2.24, 2.45) is 0 Å². The van der Waals surface area contributed by atoms with Crippen molar-refractivity contribution in [1.29, 1.82) is 0 Å². The van der Waals surface area contributed by atoms with Gasteiger partial charge < -0.3 is 24.0 Å². The Morgan fingerprint density at radius 2 is 1.83 bits per heavy atom. The summed E-state index contributed by atoms with van der Waals surface area (Å²) in [4.78, 5) is 29.4. The zero-order chi connectivity index (χ0) is 8.36. The van der Waals surface area contributed by atoms with Crippen LogP contribution in [0.25, 0.3) is 0 Å². The summed E-state index contributed by atoms with van der Waals surface area (Å²) in [6.45, 7) is 0.889. The fourth-order valence-electron chi connectivity index (χ4n) is 0.197. The van der Waals surface area contributed by atoms with Gasteiger partial charge in [-0.25, -0.2) is 0 Å². The summed E-state index contributed by atoms with van der Waals surface area (Å²) >= 11 is 0. The molecule has 9 heteroatoms. The summed E-state index contributed by atoms with van der Waals surface area (Å²) in [6.07, 6.45) is -2.17. The summed E-state index contributed by atoms with van der Waals surface area (Å²) in [5.74, 6) is -0.938. The SMILES string of the molecule is CC(=O)C(O)OP(=O)([O-])[O-].[Li+].[Li+]. The van der Waals surface area contributed by atoms with E-state index in [2.05, 4.69) is 4.52 Å². The van der Waals surface area contributed by atoms with Gasteiger partial charge in [0.2, 0.25) is 6.29 Å². The van der Waals surface area contributed by atoms with Crippen molar-refractivity contribution in [1.82, 2.24) is 0 Å². The van der Waals surface area contributed by atoms with Crippen LogP contribution in [0.15, 0.2) is 0 Å². The Balaban J connectivity index is -0.000000405. The van der Waals surface area contributed by atoms with E-state index in [-0.39, 0.29) is 37.7 Å². The van der Waals surface area contributed by atoms with E-state index in [1.54, 1.807) is 0 Å². The number of phosphoric acid groups is 1. The molecule has 0 radical (unpaired) electrons. The number of ketones is 1. The van der Waals surface area contributed by atoms with Crippen LogP contribution in [0, 0.1) is 0 Å². The van der Waals surface area contributed by atoms with Gasteiger partial charge in [-0.05, 0) is 6.92 Å². The van der Waals surface area contributed by atoms with Gasteiger partial charge in [0.05, 0.1) is 7.82 Å². The largest absolute Gasteiger partial charge is 1.00 e. The van der Waals surface area contributed by atoms with Crippen molar-refractivity contribution in [3.8, 4) is 0 Å². The summed E-state index contributed by atoms with van der Waals surface area (Å²) in [5.41, 5.74) is 0. The second-order valence-electron chi connectivity index (χ2n) is 1.52. The van der Waals surface area contributed by atoms with Crippen molar-refractivity contribution >= 4 is 13.6 Å². The van der Waals surface area contributed by atoms with Crippen LogP contribution in [0.2, 0.25) is 0 Å². The molecule has 60 valence electrons. The third-order valence-corrected chi connectivity index (χ3v) is 1.03. The Bertz CT molecular complexity index is 178. The quantitative estimate of drug-likeness (QED) is 0.263. The van der Waals surface area contributed by atoms with Crippen LogP contribution in [-0.4, -0.2) is 17.2 Å². The van der Waals surface area contributed by atoms with E-state index in [4.69, 9.17) is 5.11 Å². The molecule has 0 aromatic heterocycles. The van der Waals surface area contributed by atoms with Crippen molar-refractivity contribution in [3.63, 3.8) is 0 Å². The molecule has 0 aliphatic carbocycles. The summed E-state index contributed by atoms with van der Waals surface area (Å²) < 4.78 is 13.0. The van der Waals surface area contributed by atoms with Crippen molar-refractivity contribution in [2.45, 2.75) is 13.2 Å². The van der Waals surface area contributed by atoms with Crippen LogP contribution in [0.4, 0.5) is 0 Å². The van der Waals surface area contributed by atoms with Crippen LogP contribution in [0.5, 0.6) is 0 Å². The standard InChI is InChI=1S/C3H7O6P.2Li/c1-2(4)3(5)9-10(6,7)8;;/h3,5H,1H3,(H2,6,7,8);;/q;2*+1/p-2. The van der Waals surface area contributed by atoms with Crippen molar-refractivity contribution < 1.29 is 66.5 Å². The van der Waals surface area contributed by atoms with Crippen molar-refractivity contribution in [3.05, 3.63) is 0 Å². The van der Waals surface area contributed by atoms with Gasteiger partial charge in [0, 0.05) is 0 Å². The fourth-order valence-corrected chi connectivity index (χ4v) is 0.590. The van der Waals surface area contributed by atoms with Gasteiger partial charge in [-0.1, -0.05) is 0 Å². The van der Waals surface area contributed by atoms with E-state index in [9.17, 15) is 19.1 Å². The molecule has 1 N–H and O–H groups in total. The first-order valence-corrected chi connectivity index (χ1v) is 3.68. The van der Waals surface area contributed by atoms with Crippen LogP contribution in [0.1, 0.15) is 6.92 Å². The maximum Gasteiger partial charge on any atom is 1.00 e. The topological polar surface area (TPSA) is 110 Å². The third kappa shape index (κ3) is 10.9. The first kappa shape index (κ1) is 18.7. The molecule has 6 nitrogen and oxygen atoms in total. The first-order chi connectivity index (χ1) is 4.33. The number of phosphoric ester groups is 1. The molecule has 0 amide bonds. The third-order valence-electron chi connectivity index (χ3n) is 0.577. The molecule has 0 aliphatic heterocycles. The molecular weight excluding hydrogens is 177 g/mol. The smallest absolute Gasteiger partial charge is 0.790 e. The zero-order valence-electron chi connectivity index (χ0n) is 7.01. The molecule has 0 saturated carbocycles. The Labute approximate surface area is 93.3 Å². The molecule has 0 fully saturated rings. The van der Waals surface area contributed by atoms with E-state index < -0.39 is 19.9 Å². The summed E-state index contributed by atoms with van der Waals surface area (Å²) in [7, 11) is -5.25. The minimum absolute atomic E-state index is 0. The Morgan fingerprint density at radius 3 is 1.92 bits per heavy atom. The number of aliphatic hydroxyl groups is 1. The van der Waals surface area contributed by atoms with Gasteiger partial charge in [0.1, 0.15) is 0 Å². The molecule has 1 unspecified atom stereocenters. The van der Waals surface area contributed by atoms with Gasteiger partial charge in [-0.2, -0.15) is 0 Å². The number of carbonyl (C=O) groups excluding carboxylic acids is 1. The first-order valence-electron chi connectivity index (χ1n) is 2.22. The van der Waals surface area contributed by atoms with E-state index >= 15 is 0 Å². The summed E-state index contributed by atoms with van der Waals surface area (Å²) in [6, 6.07) is 0. The van der Waals surface area contributed by atoms with E-state index in [0.29, 0.717) is 0 Å². The molecule has 0 bridgehead atoms. The molecule has 0 aliphatic rings. The Kier molecular flexibility index (Phi) is 11.4. The van der Waals surface area contributed by atoms with Crippen LogP contribution >= 0.6 is 7.82 Å². The molecular formula is C3H5Li2O6P. The number of aliphatic hydroxyl groups excluding tert-OH is 1. The monoisotopic (exact) mass is 182 g/mol. The van der Waals surface area contributed by atoms with Gasteiger partial charge in [-0.3, -0.25) is 4.79 Å². The summed E-state index contributed by atoms with van der Waals surface area (Å²) in [5, 5.41) is 8.32. The Morgan fingerprint density at radius 1 is 1.50 bits per heavy atom. The molecule has 0 aromatic rings. The second kappa shape index (κ2) is 7.35. The molecule has 0 heterocycles. The molecule has 0 saturated heterocycles. The molecule has 12 heavy (non-hydrogen) atoms. The molecule has 0 spiro atoms. The second-order valence-corrected chi connectivity index (χ2v) is 2.62. The maximum atomic E-state index is 10.0.